The van der Waals surface area contributed by atoms with Crippen molar-refractivity contribution in [1.29, 1.82) is 0 Å². The zero-order valence-electron chi connectivity index (χ0n) is 11.5. The average molecular weight is 304 g/mol. The Hall–Kier alpha value is -3.16. The monoisotopic (exact) mass is 304 g/mol. The van der Waals surface area contributed by atoms with E-state index in [1.807, 2.05) is 4.98 Å². The first-order chi connectivity index (χ1) is 10.4. The molecule has 0 radical (unpaired) electrons. The number of aromatic amines is 2. The molecule has 0 fully saturated rings. The van der Waals surface area contributed by atoms with Gasteiger partial charge in [-0.3, -0.25) is 9.78 Å². The van der Waals surface area contributed by atoms with Crippen molar-refractivity contribution in [2.24, 2.45) is 0 Å². The Morgan fingerprint density at radius 1 is 1.14 bits per heavy atom. The van der Waals surface area contributed by atoms with Crippen LogP contribution < -0.4 is 11.2 Å². The third-order valence-electron chi connectivity index (χ3n) is 2.84. The number of carbonyl (C=O) groups is 2. The smallest absolute Gasteiger partial charge is 0.353 e. The number of carboxylic acid groups (broad SMARTS) is 1. The Labute approximate surface area is 123 Å². The van der Waals surface area contributed by atoms with Crippen LogP contribution in [0.4, 0.5) is 0 Å². The second-order valence-electron chi connectivity index (χ2n) is 4.26. The van der Waals surface area contributed by atoms with Crippen molar-refractivity contribution in [2.75, 3.05) is 6.61 Å². The number of nitrogens with one attached hydrogen (secondary N) is 2. The standard InChI is InChI=1S/C14H12N2O6/c1-2-22-13(20)8-5-3-7(4-6-8)9-10(12(18)19)15-14(21)16-11(9)17/h3-6H,2H2,1H3,(H,18,19)(H2,15,16,17,21). The van der Waals surface area contributed by atoms with E-state index in [1.54, 1.807) is 6.92 Å². The summed E-state index contributed by atoms with van der Waals surface area (Å²) < 4.78 is 4.83. The summed E-state index contributed by atoms with van der Waals surface area (Å²) in [6, 6.07) is 5.62. The molecule has 0 spiro atoms. The van der Waals surface area contributed by atoms with Crippen LogP contribution in [0.1, 0.15) is 27.8 Å². The highest BCUT2D eigenvalue weighted by Gasteiger charge is 2.18. The highest BCUT2D eigenvalue weighted by molar-refractivity contribution is 5.94. The molecule has 3 N–H and O–H groups in total. The van der Waals surface area contributed by atoms with Crippen LogP contribution in [0.5, 0.6) is 0 Å². The van der Waals surface area contributed by atoms with Gasteiger partial charge in [0.05, 0.1) is 17.7 Å². The SMILES string of the molecule is CCOC(=O)c1ccc(-c2c(C(=O)O)[nH]c(=O)[nH]c2=O)cc1. The molecular formula is C14H12N2O6. The van der Waals surface area contributed by atoms with E-state index < -0.39 is 28.9 Å². The van der Waals surface area contributed by atoms with Gasteiger partial charge in [-0.25, -0.2) is 14.4 Å². The number of aromatic carboxylic acids is 1. The van der Waals surface area contributed by atoms with Crippen LogP contribution in [0.3, 0.4) is 0 Å². The molecule has 0 unspecified atom stereocenters. The Balaban J connectivity index is 2.53. The van der Waals surface area contributed by atoms with Gasteiger partial charge in [0.25, 0.3) is 5.56 Å². The van der Waals surface area contributed by atoms with Gasteiger partial charge < -0.3 is 14.8 Å². The van der Waals surface area contributed by atoms with E-state index >= 15 is 0 Å². The Morgan fingerprint density at radius 3 is 2.32 bits per heavy atom. The molecule has 0 aliphatic rings. The molecular weight excluding hydrogens is 292 g/mol. The molecule has 0 amide bonds. The zero-order valence-corrected chi connectivity index (χ0v) is 11.5. The second-order valence-corrected chi connectivity index (χ2v) is 4.26. The number of H-pyrrole nitrogens is 2. The van der Waals surface area contributed by atoms with E-state index in [-0.39, 0.29) is 23.3 Å². The topological polar surface area (TPSA) is 129 Å². The number of aromatic nitrogens is 2. The molecule has 2 aromatic rings. The maximum atomic E-state index is 11.9. The van der Waals surface area contributed by atoms with Crippen molar-refractivity contribution in [1.82, 2.24) is 9.97 Å². The van der Waals surface area contributed by atoms with Gasteiger partial charge in [0.1, 0.15) is 5.69 Å². The van der Waals surface area contributed by atoms with Gasteiger partial charge in [0.2, 0.25) is 0 Å². The largest absolute Gasteiger partial charge is 0.477 e. The van der Waals surface area contributed by atoms with E-state index in [9.17, 15) is 19.2 Å². The number of carbonyl (C=O) groups excluding carboxylic acids is 1. The summed E-state index contributed by atoms with van der Waals surface area (Å²) in [6.07, 6.45) is 0. The summed E-state index contributed by atoms with van der Waals surface area (Å²) in [5.74, 6) is -1.96. The molecule has 8 heteroatoms. The normalized spacial score (nSPS) is 10.2. The minimum Gasteiger partial charge on any atom is -0.477 e. The molecule has 2 rings (SSSR count). The van der Waals surface area contributed by atoms with Crippen LogP contribution in [0.25, 0.3) is 11.1 Å². The van der Waals surface area contributed by atoms with Crippen molar-refractivity contribution in [3.63, 3.8) is 0 Å². The van der Waals surface area contributed by atoms with Crippen LogP contribution in [0.2, 0.25) is 0 Å². The molecule has 0 aliphatic heterocycles. The van der Waals surface area contributed by atoms with E-state index in [4.69, 9.17) is 9.84 Å². The number of benzene rings is 1. The summed E-state index contributed by atoms with van der Waals surface area (Å²) in [6.45, 7) is 1.90. The predicted octanol–water partition coefficient (Wildman–Crippen LogP) is 0.605. The van der Waals surface area contributed by atoms with E-state index in [0.29, 0.717) is 0 Å². The molecule has 8 nitrogen and oxygen atoms in total. The van der Waals surface area contributed by atoms with Crippen LogP contribution in [-0.2, 0) is 4.74 Å². The third-order valence-corrected chi connectivity index (χ3v) is 2.84. The van der Waals surface area contributed by atoms with Crippen molar-refractivity contribution < 1.29 is 19.4 Å². The summed E-state index contributed by atoms with van der Waals surface area (Å²) in [4.78, 5) is 49.8. The number of rotatable bonds is 4. The first-order valence-corrected chi connectivity index (χ1v) is 6.31. The molecule has 114 valence electrons. The first-order valence-electron chi connectivity index (χ1n) is 6.31. The number of hydrogen-bond donors (Lipinski definition) is 3. The van der Waals surface area contributed by atoms with Gasteiger partial charge >= 0.3 is 17.6 Å². The fourth-order valence-electron chi connectivity index (χ4n) is 1.91. The molecule has 1 aromatic carbocycles. The lowest BCUT2D eigenvalue weighted by Gasteiger charge is -2.06. The highest BCUT2D eigenvalue weighted by atomic mass is 16.5. The Bertz CT molecular complexity index is 832. The molecule has 22 heavy (non-hydrogen) atoms. The fourth-order valence-corrected chi connectivity index (χ4v) is 1.91. The van der Waals surface area contributed by atoms with Crippen molar-refractivity contribution in [2.45, 2.75) is 6.92 Å². The Kier molecular flexibility index (Phi) is 4.21. The summed E-state index contributed by atoms with van der Waals surface area (Å²) in [7, 11) is 0. The van der Waals surface area contributed by atoms with Gasteiger partial charge in [-0.15, -0.1) is 0 Å². The summed E-state index contributed by atoms with van der Waals surface area (Å²) >= 11 is 0. The van der Waals surface area contributed by atoms with E-state index in [2.05, 4.69) is 4.98 Å². The third kappa shape index (κ3) is 2.95. The van der Waals surface area contributed by atoms with Gasteiger partial charge in [-0.1, -0.05) is 12.1 Å². The summed E-state index contributed by atoms with van der Waals surface area (Å²) in [5, 5.41) is 9.09. The predicted molar refractivity (Wildman–Crippen MR) is 76.0 cm³/mol. The first kappa shape index (κ1) is 15.2. The van der Waals surface area contributed by atoms with Crippen molar-refractivity contribution >= 4 is 11.9 Å². The second kappa shape index (κ2) is 6.08. The van der Waals surface area contributed by atoms with E-state index in [0.717, 1.165) is 0 Å². The molecule has 0 saturated heterocycles. The maximum Gasteiger partial charge on any atom is 0.353 e. The van der Waals surface area contributed by atoms with Crippen molar-refractivity contribution in [3.8, 4) is 11.1 Å². The quantitative estimate of drug-likeness (QED) is 0.709. The Morgan fingerprint density at radius 2 is 1.77 bits per heavy atom. The average Bonchev–Trinajstić information content (AvgIpc) is 2.47. The molecule has 1 heterocycles. The molecule has 0 saturated carbocycles. The minimum atomic E-state index is -1.44. The van der Waals surface area contributed by atoms with Gasteiger partial charge in [-0.05, 0) is 24.6 Å². The van der Waals surface area contributed by atoms with Gasteiger partial charge in [-0.2, -0.15) is 0 Å². The van der Waals surface area contributed by atoms with Crippen LogP contribution in [-0.4, -0.2) is 33.6 Å². The minimum absolute atomic E-state index is 0.192. The van der Waals surface area contributed by atoms with Crippen LogP contribution >= 0.6 is 0 Å². The molecule has 0 aliphatic carbocycles. The zero-order chi connectivity index (χ0) is 16.3. The number of ether oxygens (including phenoxy) is 1. The highest BCUT2D eigenvalue weighted by Crippen LogP contribution is 2.18. The van der Waals surface area contributed by atoms with Crippen LogP contribution in [0.15, 0.2) is 33.9 Å². The van der Waals surface area contributed by atoms with E-state index in [1.165, 1.54) is 24.3 Å². The van der Waals surface area contributed by atoms with Crippen molar-refractivity contribution in [3.05, 3.63) is 56.4 Å². The van der Waals surface area contributed by atoms with Gasteiger partial charge in [0.15, 0.2) is 0 Å². The van der Waals surface area contributed by atoms with Crippen LogP contribution in [0, 0.1) is 0 Å². The lowest BCUT2D eigenvalue weighted by Crippen LogP contribution is -2.27. The lowest BCUT2D eigenvalue weighted by atomic mass is 10.0. The fraction of sp³-hybridized carbons (Fsp3) is 0.143. The van der Waals surface area contributed by atoms with Gasteiger partial charge in [0, 0.05) is 0 Å². The summed E-state index contributed by atoms with van der Waals surface area (Å²) in [5.41, 5.74) is -1.93. The lowest BCUT2D eigenvalue weighted by molar-refractivity contribution is 0.0525. The number of carboxylic acids is 1. The number of hydrogen-bond acceptors (Lipinski definition) is 5. The molecule has 0 atom stereocenters. The number of esters is 1. The molecule has 0 bridgehead atoms. The molecule has 1 aromatic heterocycles. The maximum absolute atomic E-state index is 11.9.